The van der Waals surface area contributed by atoms with E-state index in [0.29, 0.717) is 5.46 Å². The van der Waals surface area contributed by atoms with Crippen LogP contribution in [0.5, 0.6) is 0 Å². The van der Waals surface area contributed by atoms with E-state index in [9.17, 15) is 10.0 Å². The Hall–Kier alpha value is -2.88. The SMILES string of the molecule is OB(O)c1ccc(-c2ccccc2-c2ccc3ccccc3c2)cc1. The van der Waals surface area contributed by atoms with Gasteiger partial charge in [0, 0.05) is 0 Å². The van der Waals surface area contributed by atoms with E-state index >= 15 is 0 Å². The van der Waals surface area contributed by atoms with Gasteiger partial charge in [-0.15, -0.1) is 0 Å². The molecule has 0 bridgehead atoms. The predicted molar refractivity (Wildman–Crippen MR) is 105 cm³/mol. The molecule has 0 atom stereocenters. The van der Waals surface area contributed by atoms with E-state index in [1.807, 2.05) is 30.3 Å². The summed E-state index contributed by atoms with van der Waals surface area (Å²) in [6.45, 7) is 0. The van der Waals surface area contributed by atoms with Crippen molar-refractivity contribution in [3.8, 4) is 22.3 Å². The summed E-state index contributed by atoms with van der Waals surface area (Å²) in [5, 5.41) is 21.0. The third-order valence-corrected chi connectivity index (χ3v) is 4.51. The lowest BCUT2D eigenvalue weighted by molar-refractivity contribution is 0.426. The Morgan fingerprint density at radius 3 is 1.76 bits per heavy atom. The number of hydrogen-bond acceptors (Lipinski definition) is 2. The zero-order valence-electron chi connectivity index (χ0n) is 13.6. The van der Waals surface area contributed by atoms with Crippen LogP contribution < -0.4 is 5.46 Å². The molecule has 0 heterocycles. The minimum absolute atomic E-state index is 0.493. The van der Waals surface area contributed by atoms with Crippen LogP contribution in [0.2, 0.25) is 0 Å². The van der Waals surface area contributed by atoms with E-state index in [2.05, 4.69) is 48.5 Å². The van der Waals surface area contributed by atoms with Crippen LogP contribution in [-0.4, -0.2) is 17.2 Å². The van der Waals surface area contributed by atoms with Gasteiger partial charge in [0.2, 0.25) is 0 Å². The molecule has 0 aromatic heterocycles. The lowest BCUT2D eigenvalue weighted by Crippen LogP contribution is -2.29. The molecule has 4 aromatic carbocycles. The quantitative estimate of drug-likeness (QED) is 0.562. The summed E-state index contributed by atoms with van der Waals surface area (Å²) in [5.74, 6) is 0. The second kappa shape index (κ2) is 6.56. The second-order valence-electron chi connectivity index (χ2n) is 6.10. The van der Waals surface area contributed by atoms with Gasteiger partial charge < -0.3 is 10.0 Å². The lowest BCUT2D eigenvalue weighted by Gasteiger charge is -2.12. The molecule has 0 saturated carbocycles. The topological polar surface area (TPSA) is 40.5 Å². The molecular weight excluding hydrogens is 307 g/mol. The fourth-order valence-corrected chi connectivity index (χ4v) is 3.18. The summed E-state index contributed by atoms with van der Waals surface area (Å²) in [5.41, 5.74) is 4.99. The van der Waals surface area contributed by atoms with Gasteiger partial charge in [0.05, 0.1) is 0 Å². The first-order valence-electron chi connectivity index (χ1n) is 8.27. The maximum absolute atomic E-state index is 9.27. The standard InChI is InChI=1S/C22H17BO2/c24-23(25)20-13-11-17(12-14-20)21-7-3-4-8-22(21)19-10-9-16-5-1-2-6-18(16)15-19/h1-15,24-25H. The van der Waals surface area contributed by atoms with Crippen LogP contribution in [0.1, 0.15) is 0 Å². The molecule has 0 unspecified atom stereocenters. The second-order valence-corrected chi connectivity index (χ2v) is 6.10. The summed E-state index contributed by atoms with van der Waals surface area (Å²) >= 11 is 0. The van der Waals surface area contributed by atoms with Crippen LogP contribution in [0.3, 0.4) is 0 Å². The van der Waals surface area contributed by atoms with E-state index in [1.165, 1.54) is 16.3 Å². The van der Waals surface area contributed by atoms with Crippen LogP contribution in [0, 0.1) is 0 Å². The van der Waals surface area contributed by atoms with Gasteiger partial charge in [-0.25, -0.2) is 0 Å². The molecule has 0 fully saturated rings. The molecule has 0 aliphatic carbocycles. The zero-order valence-corrected chi connectivity index (χ0v) is 13.6. The molecule has 4 rings (SSSR count). The molecule has 0 amide bonds. The first-order chi connectivity index (χ1) is 12.2. The molecule has 3 heteroatoms. The van der Waals surface area contributed by atoms with Gasteiger partial charge in [-0.1, -0.05) is 84.9 Å². The van der Waals surface area contributed by atoms with Crippen LogP contribution in [0.15, 0.2) is 91.0 Å². The fourth-order valence-electron chi connectivity index (χ4n) is 3.18. The van der Waals surface area contributed by atoms with E-state index < -0.39 is 7.12 Å². The molecule has 0 spiro atoms. The summed E-state index contributed by atoms with van der Waals surface area (Å²) in [6.07, 6.45) is 0. The van der Waals surface area contributed by atoms with E-state index in [4.69, 9.17) is 0 Å². The first-order valence-corrected chi connectivity index (χ1v) is 8.27. The molecule has 0 aliphatic heterocycles. The highest BCUT2D eigenvalue weighted by molar-refractivity contribution is 6.58. The lowest BCUT2D eigenvalue weighted by atomic mass is 9.79. The van der Waals surface area contributed by atoms with Crippen molar-refractivity contribution in [3.63, 3.8) is 0 Å². The smallest absolute Gasteiger partial charge is 0.423 e. The van der Waals surface area contributed by atoms with Gasteiger partial charge in [0.1, 0.15) is 0 Å². The van der Waals surface area contributed by atoms with Crippen LogP contribution in [0.4, 0.5) is 0 Å². The van der Waals surface area contributed by atoms with Gasteiger partial charge in [-0.3, -0.25) is 0 Å². The van der Waals surface area contributed by atoms with Crippen molar-refractivity contribution in [2.75, 3.05) is 0 Å². The zero-order chi connectivity index (χ0) is 17.2. The Bertz CT molecular complexity index is 1020. The van der Waals surface area contributed by atoms with Crippen molar-refractivity contribution in [3.05, 3.63) is 91.0 Å². The predicted octanol–water partition coefficient (Wildman–Crippen LogP) is 3.85. The van der Waals surface area contributed by atoms with Crippen molar-refractivity contribution >= 4 is 23.4 Å². The van der Waals surface area contributed by atoms with Crippen molar-refractivity contribution in [1.29, 1.82) is 0 Å². The summed E-state index contributed by atoms with van der Waals surface area (Å²) in [4.78, 5) is 0. The third-order valence-electron chi connectivity index (χ3n) is 4.51. The van der Waals surface area contributed by atoms with Crippen LogP contribution in [-0.2, 0) is 0 Å². The van der Waals surface area contributed by atoms with Gasteiger partial charge in [-0.2, -0.15) is 0 Å². The molecule has 0 saturated heterocycles. The number of hydrogen-bond donors (Lipinski definition) is 2. The molecular formula is C22H17BO2. The molecule has 25 heavy (non-hydrogen) atoms. The van der Waals surface area contributed by atoms with Crippen molar-refractivity contribution in [2.24, 2.45) is 0 Å². The molecule has 120 valence electrons. The average molecular weight is 324 g/mol. The Kier molecular flexibility index (Phi) is 4.10. The third kappa shape index (κ3) is 3.08. The normalized spacial score (nSPS) is 10.8. The van der Waals surface area contributed by atoms with Gasteiger partial charge in [0.25, 0.3) is 0 Å². The Labute approximate surface area is 147 Å². The van der Waals surface area contributed by atoms with E-state index in [0.717, 1.165) is 16.7 Å². The van der Waals surface area contributed by atoms with Gasteiger partial charge in [-0.05, 0) is 44.6 Å². The number of rotatable bonds is 3. The maximum atomic E-state index is 9.27. The highest BCUT2D eigenvalue weighted by Gasteiger charge is 2.12. The minimum atomic E-state index is -1.44. The minimum Gasteiger partial charge on any atom is -0.423 e. The Morgan fingerprint density at radius 2 is 1.08 bits per heavy atom. The van der Waals surface area contributed by atoms with Crippen LogP contribution in [0.25, 0.3) is 33.0 Å². The summed E-state index contributed by atoms with van der Waals surface area (Å²) in [6, 6.07) is 30.5. The molecule has 2 nitrogen and oxygen atoms in total. The maximum Gasteiger partial charge on any atom is 0.488 e. The summed E-state index contributed by atoms with van der Waals surface area (Å²) < 4.78 is 0. The molecule has 4 aromatic rings. The number of fused-ring (bicyclic) bond motifs is 1. The van der Waals surface area contributed by atoms with E-state index in [1.54, 1.807) is 12.1 Å². The number of benzene rings is 4. The molecule has 0 radical (unpaired) electrons. The average Bonchev–Trinajstić information content (AvgIpc) is 2.67. The highest BCUT2D eigenvalue weighted by Crippen LogP contribution is 2.33. The van der Waals surface area contributed by atoms with Gasteiger partial charge >= 0.3 is 7.12 Å². The monoisotopic (exact) mass is 324 g/mol. The molecule has 2 N–H and O–H groups in total. The van der Waals surface area contributed by atoms with Crippen molar-refractivity contribution in [1.82, 2.24) is 0 Å². The Balaban J connectivity index is 1.82. The van der Waals surface area contributed by atoms with Crippen molar-refractivity contribution in [2.45, 2.75) is 0 Å². The van der Waals surface area contributed by atoms with E-state index in [-0.39, 0.29) is 0 Å². The van der Waals surface area contributed by atoms with Crippen molar-refractivity contribution < 1.29 is 10.0 Å². The first kappa shape index (κ1) is 15.6. The largest absolute Gasteiger partial charge is 0.488 e. The Morgan fingerprint density at radius 1 is 0.520 bits per heavy atom. The van der Waals surface area contributed by atoms with Gasteiger partial charge in [0.15, 0.2) is 0 Å². The van der Waals surface area contributed by atoms with Crippen LogP contribution >= 0.6 is 0 Å². The fraction of sp³-hybridized carbons (Fsp3) is 0. The summed E-state index contributed by atoms with van der Waals surface area (Å²) in [7, 11) is -1.44. The highest BCUT2D eigenvalue weighted by atomic mass is 16.4. The molecule has 0 aliphatic rings.